The Morgan fingerprint density at radius 3 is 2.21 bits per heavy atom. The topological polar surface area (TPSA) is 30.5 Å². The van der Waals surface area contributed by atoms with Crippen LogP contribution in [-0.4, -0.2) is 7.11 Å². The molecule has 5 heteroatoms. The van der Waals surface area contributed by atoms with Crippen molar-refractivity contribution in [2.45, 2.75) is 26.6 Å². The average Bonchev–Trinajstić information content (AvgIpc) is 2.69. The normalized spacial score (nSPS) is 10.2. The molecule has 3 aromatic rings. The Kier molecular flexibility index (Phi) is 8.30. The molecule has 0 saturated heterocycles. The van der Waals surface area contributed by atoms with Crippen LogP contribution in [0.3, 0.4) is 0 Å². The van der Waals surface area contributed by atoms with E-state index in [9.17, 15) is 4.39 Å². The summed E-state index contributed by atoms with van der Waals surface area (Å²) in [5, 5.41) is 3.45. The molecule has 0 aliphatic heterocycles. The van der Waals surface area contributed by atoms with E-state index in [0.29, 0.717) is 24.7 Å². The Labute approximate surface area is 171 Å². The van der Waals surface area contributed by atoms with Gasteiger partial charge in [0.1, 0.15) is 12.4 Å². The Morgan fingerprint density at radius 2 is 1.54 bits per heavy atom. The second-order valence-electron chi connectivity index (χ2n) is 6.45. The van der Waals surface area contributed by atoms with Crippen molar-refractivity contribution in [1.29, 1.82) is 0 Å². The van der Waals surface area contributed by atoms with Gasteiger partial charge in [0.15, 0.2) is 11.5 Å². The van der Waals surface area contributed by atoms with Crippen LogP contribution in [0.15, 0.2) is 66.7 Å². The molecule has 1 N–H and O–H groups in total. The predicted molar refractivity (Wildman–Crippen MR) is 105 cm³/mol. The number of rotatable bonds is 8. The van der Waals surface area contributed by atoms with Crippen LogP contribution in [0.25, 0.3) is 0 Å². The Balaban J connectivity index is 0.00000280. The van der Waals surface area contributed by atoms with Gasteiger partial charge in [0.05, 0.1) is 7.11 Å². The number of para-hydroxylation sites is 1. The van der Waals surface area contributed by atoms with Crippen LogP contribution in [0.4, 0.5) is 4.39 Å². The minimum atomic E-state index is -0.253. The molecule has 0 unspecified atom stereocenters. The van der Waals surface area contributed by atoms with Gasteiger partial charge in [-0.2, -0.15) is 0 Å². The zero-order chi connectivity index (χ0) is 19.1. The Morgan fingerprint density at radius 1 is 0.857 bits per heavy atom. The van der Waals surface area contributed by atoms with Gasteiger partial charge in [0.25, 0.3) is 0 Å². The molecule has 0 bridgehead atoms. The lowest BCUT2D eigenvalue weighted by molar-refractivity contribution is -0.00000670. The SMILES string of the molecule is COc1cccc(CNCc2ccc(C)cc2)c1OCc1ccc(F)cc1.[Cl-]. The maximum absolute atomic E-state index is 13.1. The summed E-state index contributed by atoms with van der Waals surface area (Å²) in [7, 11) is 1.63. The molecule has 0 heterocycles. The summed E-state index contributed by atoms with van der Waals surface area (Å²) in [5.74, 6) is 1.14. The van der Waals surface area contributed by atoms with E-state index < -0.39 is 0 Å². The minimum Gasteiger partial charge on any atom is -1.00 e. The lowest BCUT2D eigenvalue weighted by atomic mass is 10.1. The molecule has 0 fully saturated rings. The maximum Gasteiger partial charge on any atom is 0.166 e. The van der Waals surface area contributed by atoms with Crippen molar-refractivity contribution >= 4 is 0 Å². The van der Waals surface area contributed by atoms with E-state index >= 15 is 0 Å². The summed E-state index contributed by atoms with van der Waals surface area (Å²) in [6.45, 7) is 3.86. The third-order valence-electron chi connectivity index (χ3n) is 4.34. The number of aryl methyl sites for hydroxylation is 1. The van der Waals surface area contributed by atoms with Crippen LogP contribution < -0.4 is 27.2 Å². The van der Waals surface area contributed by atoms with Crippen molar-refractivity contribution in [1.82, 2.24) is 5.32 Å². The highest BCUT2D eigenvalue weighted by Gasteiger charge is 2.11. The Bertz CT molecular complexity index is 867. The molecular weight excluding hydrogens is 377 g/mol. The van der Waals surface area contributed by atoms with Crippen molar-refractivity contribution in [3.05, 3.63) is 94.8 Å². The molecule has 0 spiro atoms. The monoisotopic (exact) mass is 400 g/mol. The van der Waals surface area contributed by atoms with E-state index in [1.807, 2.05) is 18.2 Å². The van der Waals surface area contributed by atoms with Crippen molar-refractivity contribution in [3.8, 4) is 11.5 Å². The molecular formula is C23H24ClFNO2-. The number of methoxy groups -OCH3 is 1. The van der Waals surface area contributed by atoms with Gasteiger partial charge in [-0.15, -0.1) is 0 Å². The van der Waals surface area contributed by atoms with E-state index in [0.717, 1.165) is 17.7 Å². The number of hydrogen-bond acceptors (Lipinski definition) is 3. The first-order valence-electron chi connectivity index (χ1n) is 8.95. The number of hydrogen-bond donors (Lipinski definition) is 1. The van der Waals surface area contributed by atoms with Crippen LogP contribution >= 0.6 is 0 Å². The molecule has 0 saturated carbocycles. The van der Waals surface area contributed by atoms with Gasteiger partial charge in [-0.1, -0.05) is 54.1 Å². The molecule has 0 aliphatic rings. The van der Waals surface area contributed by atoms with Gasteiger partial charge in [0, 0.05) is 18.7 Å². The van der Waals surface area contributed by atoms with Crippen LogP contribution in [0, 0.1) is 12.7 Å². The molecule has 3 aromatic carbocycles. The zero-order valence-corrected chi connectivity index (χ0v) is 16.8. The minimum absolute atomic E-state index is 0. The van der Waals surface area contributed by atoms with Crippen LogP contribution in [-0.2, 0) is 19.7 Å². The van der Waals surface area contributed by atoms with Gasteiger partial charge in [-0.3, -0.25) is 0 Å². The van der Waals surface area contributed by atoms with Crippen LogP contribution in [0.1, 0.15) is 22.3 Å². The number of nitrogens with one attached hydrogen (secondary N) is 1. The lowest BCUT2D eigenvalue weighted by Gasteiger charge is -2.16. The Hall–Kier alpha value is -2.56. The zero-order valence-electron chi connectivity index (χ0n) is 16.0. The number of benzene rings is 3. The summed E-state index contributed by atoms with van der Waals surface area (Å²) in [6, 6.07) is 20.6. The second kappa shape index (κ2) is 10.7. The standard InChI is InChI=1S/C23H24FNO2.ClH/c1-17-6-8-18(9-7-17)14-25-15-20-4-3-5-22(26-2)23(20)27-16-19-10-12-21(24)13-11-19;/h3-13,25H,14-16H2,1-2H3;1H/p-1. The first kappa shape index (κ1) is 21.7. The largest absolute Gasteiger partial charge is 1.00 e. The number of halogens is 2. The molecule has 3 rings (SSSR count). The second-order valence-corrected chi connectivity index (χ2v) is 6.45. The summed E-state index contributed by atoms with van der Waals surface area (Å²) < 4.78 is 24.5. The summed E-state index contributed by atoms with van der Waals surface area (Å²) in [5.41, 5.74) is 4.41. The lowest BCUT2D eigenvalue weighted by Crippen LogP contribution is -3.00. The third kappa shape index (κ3) is 5.98. The molecule has 0 amide bonds. The molecule has 3 nitrogen and oxygen atoms in total. The smallest absolute Gasteiger partial charge is 0.166 e. The fourth-order valence-corrected chi connectivity index (χ4v) is 2.81. The molecule has 28 heavy (non-hydrogen) atoms. The highest BCUT2D eigenvalue weighted by atomic mass is 35.5. The fraction of sp³-hybridized carbons (Fsp3) is 0.217. The van der Waals surface area contributed by atoms with Gasteiger partial charge in [0.2, 0.25) is 0 Å². The van der Waals surface area contributed by atoms with E-state index in [2.05, 4.69) is 36.5 Å². The van der Waals surface area contributed by atoms with E-state index in [1.54, 1.807) is 19.2 Å². The molecule has 0 atom stereocenters. The van der Waals surface area contributed by atoms with Crippen molar-refractivity contribution in [2.24, 2.45) is 0 Å². The number of ether oxygens (including phenoxy) is 2. The van der Waals surface area contributed by atoms with Gasteiger partial charge >= 0.3 is 0 Å². The third-order valence-corrected chi connectivity index (χ3v) is 4.34. The molecule has 0 radical (unpaired) electrons. The molecule has 0 aliphatic carbocycles. The van der Waals surface area contributed by atoms with Gasteiger partial charge in [-0.05, 0) is 36.2 Å². The van der Waals surface area contributed by atoms with Crippen molar-refractivity contribution in [3.63, 3.8) is 0 Å². The molecule has 148 valence electrons. The van der Waals surface area contributed by atoms with Crippen LogP contribution in [0.2, 0.25) is 0 Å². The summed E-state index contributed by atoms with van der Waals surface area (Å²) in [6.07, 6.45) is 0. The molecule has 0 aromatic heterocycles. The van der Waals surface area contributed by atoms with Gasteiger partial charge in [-0.25, -0.2) is 4.39 Å². The fourth-order valence-electron chi connectivity index (χ4n) is 2.81. The van der Waals surface area contributed by atoms with Crippen molar-refractivity contribution in [2.75, 3.05) is 7.11 Å². The highest BCUT2D eigenvalue weighted by molar-refractivity contribution is 5.46. The van der Waals surface area contributed by atoms with E-state index in [4.69, 9.17) is 9.47 Å². The first-order valence-corrected chi connectivity index (χ1v) is 8.95. The summed E-state index contributed by atoms with van der Waals surface area (Å²) >= 11 is 0. The highest BCUT2D eigenvalue weighted by Crippen LogP contribution is 2.32. The van der Waals surface area contributed by atoms with E-state index in [-0.39, 0.29) is 18.2 Å². The maximum atomic E-state index is 13.1. The van der Waals surface area contributed by atoms with E-state index in [1.165, 1.54) is 23.3 Å². The predicted octanol–water partition coefficient (Wildman–Crippen LogP) is 2.02. The van der Waals surface area contributed by atoms with Gasteiger partial charge < -0.3 is 27.2 Å². The quantitative estimate of drug-likeness (QED) is 0.627. The average molecular weight is 401 g/mol. The first-order chi connectivity index (χ1) is 13.2. The summed E-state index contributed by atoms with van der Waals surface area (Å²) in [4.78, 5) is 0. The van der Waals surface area contributed by atoms with Crippen molar-refractivity contribution < 1.29 is 26.3 Å². The van der Waals surface area contributed by atoms with Crippen LogP contribution in [0.5, 0.6) is 11.5 Å².